The summed E-state index contributed by atoms with van der Waals surface area (Å²) in [5, 5.41) is 4.11. The Balaban J connectivity index is 1.99. The van der Waals surface area contributed by atoms with E-state index in [1.165, 1.54) is 12.8 Å². The van der Waals surface area contributed by atoms with E-state index in [-0.39, 0.29) is 0 Å². The van der Waals surface area contributed by atoms with E-state index < -0.39 is 0 Å². The highest BCUT2D eigenvalue weighted by molar-refractivity contribution is 6.31. The lowest BCUT2D eigenvalue weighted by Gasteiger charge is -2.28. The molecule has 118 valence electrons. The van der Waals surface area contributed by atoms with Crippen molar-refractivity contribution in [3.63, 3.8) is 0 Å². The Hall–Kier alpha value is -0.770. The van der Waals surface area contributed by atoms with Gasteiger partial charge in [-0.1, -0.05) is 31.0 Å². The van der Waals surface area contributed by atoms with Gasteiger partial charge >= 0.3 is 0 Å². The third-order valence-electron chi connectivity index (χ3n) is 4.04. The zero-order valence-electron chi connectivity index (χ0n) is 13.0. The molecule has 2 rings (SSSR count). The smallest absolute Gasteiger partial charge is 0.125 e. The topological polar surface area (TPSA) is 30.5 Å². The van der Waals surface area contributed by atoms with E-state index in [0.29, 0.717) is 19.3 Å². The van der Waals surface area contributed by atoms with Gasteiger partial charge in [-0.2, -0.15) is 0 Å². The van der Waals surface area contributed by atoms with Crippen LogP contribution in [0, 0.1) is 5.92 Å². The van der Waals surface area contributed by atoms with Crippen LogP contribution < -0.4 is 10.1 Å². The second-order valence-corrected chi connectivity index (χ2v) is 6.30. The zero-order valence-corrected chi connectivity index (χ0v) is 13.8. The Morgan fingerprint density at radius 3 is 2.95 bits per heavy atom. The highest BCUT2D eigenvalue weighted by Gasteiger charge is 2.21. The molecule has 21 heavy (non-hydrogen) atoms. The van der Waals surface area contributed by atoms with Gasteiger partial charge in [-0.25, -0.2) is 0 Å². The minimum absolute atomic E-state index is 0.324. The molecule has 0 saturated heterocycles. The lowest BCUT2D eigenvalue weighted by atomic mass is 9.88. The number of nitrogens with one attached hydrogen (secondary N) is 1. The molecule has 1 saturated carbocycles. The van der Waals surface area contributed by atoms with Crippen LogP contribution in [0.25, 0.3) is 0 Å². The Kier molecular flexibility index (Phi) is 6.81. The number of ether oxygens (including phenoxy) is 2. The first-order valence-electron chi connectivity index (χ1n) is 7.84. The SMILES string of the molecule is COCCNCc1c(Cl)cccc1OC1CCCC(C)C1. The van der Waals surface area contributed by atoms with Gasteiger partial charge in [-0.05, 0) is 37.3 Å². The van der Waals surface area contributed by atoms with E-state index in [2.05, 4.69) is 12.2 Å². The van der Waals surface area contributed by atoms with Crippen LogP contribution in [0.2, 0.25) is 5.02 Å². The van der Waals surface area contributed by atoms with E-state index in [9.17, 15) is 0 Å². The summed E-state index contributed by atoms with van der Waals surface area (Å²) >= 11 is 6.34. The molecule has 0 heterocycles. The Morgan fingerprint density at radius 2 is 2.19 bits per heavy atom. The molecule has 1 aromatic rings. The maximum absolute atomic E-state index is 6.34. The Morgan fingerprint density at radius 1 is 1.33 bits per heavy atom. The summed E-state index contributed by atoms with van der Waals surface area (Å²) in [6, 6.07) is 5.91. The molecule has 1 aromatic carbocycles. The van der Waals surface area contributed by atoms with Gasteiger partial charge in [0.15, 0.2) is 0 Å². The number of rotatable bonds is 7. The van der Waals surface area contributed by atoms with Crippen LogP contribution in [0.3, 0.4) is 0 Å². The lowest BCUT2D eigenvalue weighted by Crippen LogP contribution is -2.25. The van der Waals surface area contributed by atoms with Gasteiger partial charge in [0.05, 0.1) is 12.7 Å². The highest BCUT2D eigenvalue weighted by atomic mass is 35.5. The van der Waals surface area contributed by atoms with E-state index in [1.807, 2.05) is 18.2 Å². The predicted octanol–water partition coefficient (Wildman–Crippen LogP) is 4.03. The molecule has 2 atom stereocenters. The summed E-state index contributed by atoms with van der Waals surface area (Å²) in [4.78, 5) is 0. The van der Waals surface area contributed by atoms with E-state index >= 15 is 0 Å². The molecule has 0 bridgehead atoms. The number of hydrogen-bond acceptors (Lipinski definition) is 3. The van der Waals surface area contributed by atoms with Crippen molar-refractivity contribution in [3.8, 4) is 5.75 Å². The van der Waals surface area contributed by atoms with Crippen molar-refractivity contribution in [1.29, 1.82) is 0 Å². The first kappa shape index (κ1) is 16.6. The molecule has 3 nitrogen and oxygen atoms in total. The summed E-state index contributed by atoms with van der Waals surface area (Å²) in [6.07, 6.45) is 5.19. The van der Waals surface area contributed by atoms with Crippen molar-refractivity contribution in [3.05, 3.63) is 28.8 Å². The molecule has 1 fully saturated rings. The van der Waals surface area contributed by atoms with Crippen molar-refractivity contribution < 1.29 is 9.47 Å². The molecular formula is C17H26ClNO2. The summed E-state index contributed by atoms with van der Waals surface area (Å²) in [5.41, 5.74) is 1.05. The maximum Gasteiger partial charge on any atom is 0.125 e. The van der Waals surface area contributed by atoms with Crippen molar-refractivity contribution in [2.24, 2.45) is 5.92 Å². The van der Waals surface area contributed by atoms with Crippen LogP contribution in [0.1, 0.15) is 38.2 Å². The average Bonchev–Trinajstić information content (AvgIpc) is 2.46. The van der Waals surface area contributed by atoms with Crippen LogP contribution in [-0.2, 0) is 11.3 Å². The second-order valence-electron chi connectivity index (χ2n) is 5.90. The quantitative estimate of drug-likeness (QED) is 0.771. The third-order valence-corrected chi connectivity index (χ3v) is 4.40. The third kappa shape index (κ3) is 5.17. The first-order chi connectivity index (χ1) is 10.2. The molecule has 0 radical (unpaired) electrons. The Bertz CT molecular complexity index is 439. The lowest BCUT2D eigenvalue weighted by molar-refractivity contribution is 0.128. The molecule has 1 aliphatic carbocycles. The van der Waals surface area contributed by atoms with Crippen LogP contribution >= 0.6 is 11.6 Å². The monoisotopic (exact) mass is 311 g/mol. The number of methoxy groups -OCH3 is 1. The second kappa shape index (κ2) is 8.62. The normalized spacial score (nSPS) is 22.2. The van der Waals surface area contributed by atoms with Crippen molar-refractivity contribution in [1.82, 2.24) is 5.32 Å². The van der Waals surface area contributed by atoms with Crippen LogP contribution in [0.15, 0.2) is 18.2 Å². The molecule has 1 N–H and O–H groups in total. The number of benzene rings is 1. The molecule has 0 spiro atoms. The minimum Gasteiger partial charge on any atom is -0.490 e. The highest BCUT2D eigenvalue weighted by Crippen LogP contribution is 2.31. The average molecular weight is 312 g/mol. The van der Waals surface area contributed by atoms with Crippen LogP contribution in [-0.4, -0.2) is 26.4 Å². The van der Waals surface area contributed by atoms with E-state index in [0.717, 1.165) is 41.6 Å². The zero-order chi connectivity index (χ0) is 15.1. The first-order valence-corrected chi connectivity index (χ1v) is 8.22. The summed E-state index contributed by atoms with van der Waals surface area (Å²) in [7, 11) is 1.70. The van der Waals surface area contributed by atoms with Gasteiger partial charge in [-0.15, -0.1) is 0 Å². The van der Waals surface area contributed by atoms with Gasteiger partial charge in [0, 0.05) is 30.8 Å². The molecule has 0 aliphatic heterocycles. The fourth-order valence-corrected chi connectivity index (χ4v) is 3.11. The largest absolute Gasteiger partial charge is 0.490 e. The Labute approximate surface area is 133 Å². The van der Waals surface area contributed by atoms with Crippen molar-refractivity contribution in [2.45, 2.75) is 45.3 Å². The van der Waals surface area contributed by atoms with Gasteiger partial charge in [0.1, 0.15) is 5.75 Å². The molecule has 0 aromatic heterocycles. The van der Waals surface area contributed by atoms with E-state index in [1.54, 1.807) is 7.11 Å². The fraction of sp³-hybridized carbons (Fsp3) is 0.647. The summed E-state index contributed by atoms with van der Waals surface area (Å²) in [5.74, 6) is 1.68. The summed E-state index contributed by atoms with van der Waals surface area (Å²) < 4.78 is 11.3. The van der Waals surface area contributed by atoms with Crippen LogP contribution in [0.5, 0.6) is 5.75 Å². The van der Waals surface area contributed by atoms with E-state index in [4.69, 9.17) is 21.1 Å². The van der Waals surface area contributed by atoms with Gasteiger partial charge in [-0.3, -0.25) is 0 Å². The number of hydrogen-bond donors (Lipinski definition) is 1. The summed E-state index contributed by atoms with van der Waals surface area (Å²) in [6.45, 7) is 4.52. The molecule has 4 heteroatoms. The van der Waals surface area contributed by atoms with Crippen LogP contribution in [0.4, 0.5) is 0 Å². The standard InChI is InChI=1S/C17H26ClNO2/c1-13-5-3-6-14(11-13)21-17-8-4-7-16(18)15(17)12-19-9-10-20-2/h4,7-8,13-14,19H,3,5-6,9-12H2,1-2H3. The minimum atomic E-state index is 0.324. The van der Waals surface area contributed by atoms with Crippen molar-refractivity contribution in [2.75, 3.05) is 20.3 Å². The predicted molar refractivity (Wildman–Crippen MR) is 87.1 cm³/mol. The number of halogens is 1. The van der Waals surface area contributed by atoms with Gasteiger partial charge in [0.25, 0.3) is 0 Å². The maximum atomic E-state index is 6.34. The molecular weight excluding hydrogens is 286 g/mol. The molecule has 0 amide bonds. The molecule has 2 unspecified atom stereocenters. The van der Waals surface area contributed by atoms with Gasteiger partial charge < -0.3 is 14.8 Å². The fourth-order valence-electron chi connectivity index (χ4n) is 2.87. The molecule has 1 aliphatic rings. The van der Waals surface area contributed by atoms with Gasteiger partial charge in [0.2, 0.25) is 0 Å². The van der Waals surface area contributed by atoms with Crippen molar-refractivity contribution >= 4 is 11.6 Å².